The second kappa shape index (κ2) is 9.35. The lowest BCUT2D eigenvalue weighted by Crippen LogP contribution is -2.41. The molecule has 8 nitrogen and oxygen atoms in total. The Balaban J connectivity index is 1.70. The highest BCUT2D eigenvalue weighted by Gasteiger charge is 2.21. The fourth-order valence-corrected chi connectivity index (χ4v) is 3.19. The molecule has 1 saturated heterocycles. The number of hydrogen-bond acceptors (Lipinski definition) is 6. The lowest BCUT2D eigenvalue weighted by Gasteiger charge is -2.33. The first kappa shape index (κ1) is 20.6. The minimum Gasteiger partial charge on any atom is -0.356 e. The molecule has 2 aromatic heterocycles. The van der Waals surface area contributed by atoms with Crippen molar-refractivity contribution in [2.24, 2.45) is 5.92 Å². The van der Waals surface area contributed by atoms with Crippen LogP contribution in [0.2, 0.25) is 0 Å². The van der Waals surface area contributed by atoms with Crippen molar-refractivity contribution in [3.05, 3.63) is 30.5 Å². The molecule has 1 fully saturated rings. The van der Waals surface area contributed by atoms with Gasteiger partial charge >= 0.3 is 0 Å². The topological polar surface area (TPSA) is 111 Å². The number of amides is 1. The second-order valence-corrected chi connectivity index (χ2v) is 6.92. The number of piperidine rings is 1. The zero-order chi connectivity index (χ0) is 20.8. The predicted octanol–water partition coefficient (Wildman–Crippen LogP) is 2.52. The molecule has 1 unspecified atom stereocenters. The number of carbonyl (C=O) groups excluding carboxylic acids is 1. The van der Waals surface area contributed by atoms with E-state index in [4.69, 9.17) is 5.41 Å². The van der Waals surface area contributed by atoms with E-state index in [1.807, 2.05) is 6.07 Å². The van der Waals surface area contributed by atoms with Gasteiger partial charge in [0.2, 0.25) is 5.91 Å². The fraction of sp³-hybridized carbons (Fsp3) is 0.421. The van der Waals surface area contributed by atoms with Crippen LogP contribution >= 0.6 is 0 Å². The van der Waals surface area contributed by atoms with Gasteiger partial charge in [-0.3, -0.25) is 10.2 Å². The van der Waals surface area contributed by atoms with Gasteiger partial charge < -0.3 is 15.2 Å². The molecule has 2 aromatic rings. The van der Waals surface area contributed by atoms with Crippen molar-refractivity contribution in [1.29, 1.82) is 5.41 Å². The van der Waals surface area contributed by atoms with Gasteiger partial charge in [0.25, 0.3) is 6.43 Å². The lowest BCUT2D eigenvalue weighted by molar-refractivity contribution is -0.119. The third kappa shape index (κ3) is 5.66. The van der Waals surface area contributed by atoms with Gasteiger partial charge in [-0.15, -0.1) is 0 Å². The first-order chi connectivity index (χ1) is 13.9. The van der Waals surface area contributed by atoms with Crippen LogP contribution in [0.4, 0.5) is 14.6 Å². The van der Waals surface area contributed by atoms with Gasteiger partial charge in [-0.25, -0.2) is 23.7 Å². The molecular formula is C19H23F2N7O. The first-order valence-electron chi connectivity index (χ1n) is 9.34. The second-order valence-electron chi connectivity index (χ2n) is 6.92. The summed E-state index contributed by atoms with van der Waals surface area (Å²) in [5, 5.41) is 10.0. The zero-order valence-electron chi connectivity index (χ0n) is 16.0. The van der Waals surface area contributed by atoms with Crippen molar-refractivity contribution in [2.75, 3.05) is 24.5 Å². The van der Waals surface area contributed by atoms with Gasteiger partial charge in [-0.1, -0.05) is 0 Å². The van der Waals surface area contributed by atoms with Crippen molar-refractivity contribution in [1.82, 2.24) is 25.3 Å². The summed E-state index contributed by atoms with van der Waals surface area (Å²) < 4.78 is 24.8. The number of nitrogens with zero attached hydrogens (tertiary/aromatic N) is 4. The molecule has 0 bridgehead atoms. The summed E-state index contributed by atoms with van der Waals surface area (Å²) in [4.78, 5) is 29.1. The number of allylic oxidation sites excluding steroid dienone is 1. The van der Waals surface area contributed by atoms with Gasteiger partial charge in [0, 0.05) is 32.6 Å². The van der Waals surface area contributed by atoms with Crippen LogP contribution in [-0.4, -0.2) is 57.6 Å². The summed E-state index contributed by atoms with van der Waals surface area (Å²) >= 11 is 0. The van der Waals surface area contributed by atoms with E-state index in [0.29, 0.717) is 29.7 Å². The smallest absolute Gasteiger partial charge is 0.279 e. The summed E-state index contributed by atoms with van der Waals surface area (Å²) in [5.41, 5.74) is 0.491. The molecule has 1 aliphatic heterocycles. The monoisotopic (exact) mass is 403 g/mol. The normalized spacial score (nSPS) is 17.1. The maximum Gasteiger partial charge on any atom is 0.279 e. The molecule has 1 atom stereocenters. The summed E-state index contributed by atoms with van der Waals surface area (Å²) in [6.45, 7) is 3.83. The van der Waals surface area contributed by atoms with Crippen molar-refractivity contribution < 1.29 is 13.6 Å². The average Bonchev–Trinajstić information content (AvgIpc) is 3.20. The third-order valence-electron chi connectivity index (χ3n) is 4.66. The Morgan fingerprint density at radius 3 is 3.03 bits per heavy atom. The van der Waals surface area contributed by atoms with E-state index in [2.05, 4.69) is 30.2 Å². The highest BCUT2D eigenvalue weighted by molar-refractivity contribution is 5.97. The molecule has 3 N–H and O–H groups in total. The van der Waals surface area contributed by atoms with Crippen LogP contribution in [0.5, 0.6) is 0 Å². The Hall–Kier alpha value is -3.17. The number of rotatable bonds is 7. The zero-order valence-corrected chi connectivity index (χ0v) is 16.0. The van der Waals surface area contributed by atoms with E-state index >= 15 is 0 Å². The summed E-state index contributed by atoms with van der Waals surface area (Å²) in [6, 6.07) is 1.85. The maximum absolute atomic E-state index is 12.4. The summed E-state index contributed by atoms with van der Waals surface area (Å²) in [7, 11) is 0. The SMILES string of the molecule is CC(=O)NCC1CCCN(c2cc(-c3cnc(/C=C\C(=N)C(F)F)[nH]3)ncn2)C1. The number of hydrogen-bond donors (Lipinski definition) is 3. The number of aromatic nitrogens is 4. The number of imidazole rings is 1. The number of alkyl halides is 2. The molecule has 3 rings (SSSR count). The van der Waals surface area contributed by atoms with Crippen molar-refractivity contribution in [3.63, 3.8) is 0 Å². The number of nitrogens with one attached hydrogen (secondary N) is 3. The molecule has 0 aromatic carbocycles. The number of H-pyrrole nitrogens is 1. The van der Waals surface area contributed by atoms with E-state index in [1.54, 1.807) is 6.20 Å². The maximum atomic E-state index is 12.4. The van der Waals surface area contributed by atoms with Gasteiger partial charge in [0.1, 0.15) is 18.0 Å². The minimum atomic E-state index is -2.82. The Morgan fingerprint density at radius 1 is 1.45 bits per heavy atom. The Kier molecular flexibility index (Phi) is 6.63. The molecular weight excluding hydrogens is 380 g/mol. The molecule has 3 heterocycles. The largest absolute Gasteiger partial charge is 0.356 e. The average molecular weight is 403 g/mol. The molecule has 0 aliphatic carbocycles. The predicted molar refractivity (Wildman–Crippen MR) is 106 cm³/mol. The van der Waals surface area contributed by atoms with Crippen molar-refractivity contribution in [2.45, 2.75) is 26.2 Å². The highest BCUT2D eigenvalue weighted by atomic mass is 19.3. The van der Waals surface area contributed by atoms with Crippen LogP contribution in [0, 0.1) is 11.3 Å². The number of halogens is 2. The van der Waals surface area contributed by atoms with E-state index in [1.165, 1.54) is 19.3 Å². The fourth-order valence-electron chi connectivity index (χ4n) is 3.19. The van der Waals surface area contributed by atoms with Gasteiger partial charge in [0.15, 0.2) is 0 Å². The van der Waals surface area contributed by atoms with Crippen LogP contribution in [0.15, 0.2) is 24.7 Å². The number of aromatic amines is 1. The van der Waals surface area contributed by atoms with Gasteiger partial charge in [-0.2, -0.15) is 0 Å². The van der Waals surface area contributed by atoms with Gasteiger partial charge in [0.05, 0.1) is 23.3 Å². The van der Waals surface area contributed by atoms with Crippen LogP contribution in [0.1, 0.15) is 25.6 Å². The lowest BCUT2D eigenvalue weighted by atomic mass is 9.98. The molecule has 29 heavy (non-hydrogen) atoms. The van der Waals surface area contributed by atoms with Gasteiger partial charge in [-0.05, 0) is 30.9 Å². The van der Waals surface area contributed by atoms with E-state index < -0.39 is 12.1 Å². The Morgan fingerprint density at radius 2 is 2.28 bits per heavy atom. The molecule has 1 amide bonds. The van der Waals surface area contributed by atoms with Crippen molar-refractivity contribution in [3.8, 4) is 11.4 Å². The van der Waals surface area contributed by atoms with Crippen LogP contribution < -0.4 is 10.2 Å². The Labute approximate surface area is 167 Å². The molecule has 154 valence electrons. The molecule has 10 heteroatoms. The standard InChI is InChI=1S/C19H23F2N7O/c1-12(29)23-8-13-3-2-6-28(10-13)18-7-15(25-11-26-18)16-9-24-17(27-16)5-4-14(22)19(20)21/h4-5,7,9,11,13,19,22H,2-3,6,8,10H2,1H3,(H,23,29)(H,24,27)/b5-4-,22-14?. The van der Waals surface area contributed by atoms with Crippen LogP contribution in [-0.2, 0) is 4.79 Å². The molecule has 0 radical (unpaired) electrons. The molecule has 1 aliphatic rings. The van der Waals surface area contributed by atoms with E-state index in [0.717, 1.165) is 37.8 Å². The Bertz CT molecular complexity index is 896. The first-order valence-corrected chi connectivity index (χ1v) is 9.34. The van der Waals surface area contributed by atoms with Crippen LogP contribution in [0.25, 0.3) is 17.5 Å². The highest BCUT2D eigenvalue weighted by Crippen LogP contribution is 2.24. The quantitative estimate of drug-likeness (QED) is 0.615. The van der Waals surface area contributed by atoms with E-state index in [-0.39, 0.29) is 5.91 Å². The molecule has 0 saturated carbocycles. The third-order valence-corrected chi connectivity index (χ3v) is 4.66. The summed E-state index contributed by atoms with van der Waals surface area (Å²) in [5.74, 6) is 1.48. The van der Waals surface area contributed by atoms with E-state index in [9.17, 15) is 13.6 Å². The minimum absolute atomic E-state index is 0.0285. The number of carbonyl (C=O) groups is 1. The molecule has 0 spiro atoms. The summed E-state index contributed by atoms with van der Waals surface area (Å²) in [6.07, 6.45) is 4.64. The number of anilines is 1. The van der Waals surface area contributed by atoms with Crippen LogP contribution in [0.3, 0.4) is 0 Å². The van der Waals surface area contributed by atoms with Crippen molar-refractivity contribution >= 4 is 23.5 Å².